The summed E-state index contributed by atoms with van der Waals surface area (Å²) >= 11 is 0. The molecule has 1 aromatic rings. The lowest BCUT2D eigenvalue weighted by Crippen LogP contribution is -2.48. The first-order valence-corrected chi connectivity index (χ1v) is 7.47. The number of carbonyl (C=O) groups excluding carboxylic acids is 2. The van der Waals surface area contributed by atoms with E-state index in [1.807, 2.05) is 0 Å². The fourth-order valence-corrected chi connectivity index (χ4v) is 2.31. The summed E-state index contributed by atoms with van der Waals surface area (Å²) in [5, 5.41) is 11.8. The molecule has 1 aromatic carbocycles. The number of carbonyl (C=O) groups is 2. The Morgan fingerprint density at radius 3 is 2.52 bits per heavy atom. The van der Waals surface area contributed by atoms with Crippen LogP contribution in [0.4, 0.5) is 0 Å². The number of amides is 1. The molecular formula is C17H20N2O4. The zero-order chi connectivity index (χ0) is 16.9. The second-order valence-corrected chi connectivity index (χ2v) is 5.82. The zero-order valence-corrected chi connectivity index (χ0v) is 13.3. The van der Waals surface area contributed by atoms with Crippen LogP contribution in [0.25, 0.3) is 0 Å². The van der Waals surface area contributed by atoms with Gasteiger partial charge in [-0.05, 0) is 43.4 Å². The van der Waals surface area contributed by atoms with Crippen molar-refractivity contribution in [3.63, 3.8) is 0 Å². The summed E-state index contributed by atoms with van der Waals surface area (Å²) in [6.45, 7) is 1.32. The molecule has 1 fully saturated rings. The fraction of sp³-hybridized carbons (Fsp3) is 0.471. The largest absolute Gasteiger partial charge is 0.497 e. The maximum Gasteiger partial charge on any atom is 0.310 e. The topological polar surface area (TPSA) is 88.4 Å². The van der Waals surface area contributed by atoms with E-state index in [-0.39, 0.29) is 18.9 Å². The molecule has 0 heterocycles. The van der Waals surface area contributed by atoms with E-state index >= 15 is 0 Å². The average molecular weight is 316 g/mol. The third-order valence-corrected chi connectivity index (χ3v) is 3.90. The SMILES string of the molecule is COc1ccc(CC(=O)OCC(=O)N[C@@](C)(C#N)C2CC2)cc1. The van der Waals surface area contributed by atoms with Crippen LogP contribution >= 0.6 is 0 Å². The van der Waals surface area contributed by atoms with Gasteiger partial charge in [0.25, 0.3) is 5.91 Å². The molecule has 0 unspecified atom stereocenters. The minimum Gasteiger partial charge on any atom is -0.497 e. The highest BCUT2D eigenvalue weighted by Gasteiger charge is 2.43. The number of hydrogen-bond acceptors (Lipinski definition) is 5. The molecule has 2 rings (SSSR count). The maximum atomic E-state index is 11.8. The molecule has 6 heteroatoms. The molecule has 6 nitrogen and oxygen atoms in total. The van der Waals surface area contributed by atoms with Crippen LogP contribution in [-0.2, 0) is 20.7 Å². The number of nitrogens with one attached hydrogen (secondary N) is 1. The first-order valence-electron chi connectivity index (χ1n) is 7.47. The predicted octanol–water partition coefficient (Wildman–Crippen LogP) is 1.59. The van der Waals surface area contributed by atoms with Gasteiger partial charge in [-0.2, -0.15) is 5.26 Å². The predicted molar refractivity (Wildman–Crippen MR) is 82.5 cm³/mol. The molecule has 1 aliphatic carbocycles. The number of hydrogen-bond donors (Lipinski definition) is 1. The smallest absolute Gasteiger partial charge is 0.310 e. The second kappa shape index (κ2) is 7.14. The number of nitriles is 1. The minimum absolute atomic E-state index is 0.0788. The summed E-state index contributed by atoms with van der Waals surface area (Å²) in [7, 11) is 1.57. The lowest BCUT2D eigenvalue weighted by Gasteiger charge is -2.22. The van der Waals surface area contributed by atoms with E-state index in [4.69, 9.17) is 9.47 Å². The Bertz CT molecular complexity index is 616. The molecule has 1 atom stereocenters. The summed E-state index contributed by atoms with van der Waals surface area (Å²) < 4.78 is 10.0. The lowest BCUT2D eigenvalue weighted by molar-refractivity contribution is -0.148. The summed E-state index contributed by atoms with van der Waals surface area (Å²) in [5.74, 6) is -0.0526. The van der Waals surface area contributed by atoms with E-state index < -0.39 is 17.4 Å². The van der Waals surface area contributed by atoms with Gasteiger partial charge in [0.1, 0.15) is 11.3 Å². The monoisotopic (exact) mass is 316 g/mol. The summed E-state index contributed by atoms with van der Waals surface area (Å²) in [4.78, 5) is 23.6. The quantitative estimate of drug-likeness (QED) is 0.772. The van der Waals surface area contributed by atoms with Gasteiger partial charge in [-0.3, -0.25) is 9.59 Å². The number of nitrogens with zero attached hydrogens (tertiary/aromatic N) is 1. The third-order valence-electron chi connectivity index (χ3n) is 3.90. The van der Waals surface area contributed by atoms with Crippen molar-refractivity contribution in [2.75, 3.05) is 13.7 Å². The summed E-state index contributed by atoms with van der Waals surface area (Å²) in [6.07, 6.45) is 1.94. The standard InChI is InChI=1S/C17H20N2O4/c1-17(11-18,13-5-6-13)19-15(20)10-23-16(21)9-12-3-7-14(22-2)8-4-12/h3-4,7-8,13H,5-6,9-10H2,1-2H3,(H,19,20)/t17-/m0/s1. The van der Waals surface area contributed by atoms with Crippen LogP contribution in [0.2, 0.25) is 0 Å². The van der Waals surface area contributed by atoms with Crippen LogP contribution < -0.4 is 10.1 Å². The van der Waals surface area contributed by atoms with E-state index in [0.717, 1.165) is 18.4 Å². The second-order valence-electron chi connectivity index (χ2n) is 5.82. The van der Waals surface area contributed by atoms with Gasteiger partial charge in [-0.1, -0.05) is 12.1 Å². The fourth-order valence-electron chi connectivity index (χ4n) is 2.31. The van der Waals surface area contributed by atoms with Crippen molar-refractivity contribution in [2.24, 2.45) is 5.92 Å². The maximum absolute atomic E-state index is 11.8. The van der Waals surface area contributed by atoms with Gasteiger partial charge in [0.2, 0.25) is 0 Å². The van der Waals surface area contributed by atoms with Gasteiger partial charge in [0, 0.05) is 0 Å². The molecular weight excluding hydrogens is 296 g/mol. The van der Waals surface area contributed by atoms with Gasteiger partial charge >= 0.3 is 5.97 Å². The average Bonchev–Trinajstić information content (AvgIpc) is 3.39. The molecule has 0 aliphatic heterocycles. The number of ether oxygens (including phenoxy) is 2. The van der Waals surface area contributed by atoms with Gasteiger partial charge in [-0.25, -0.2) is 0 Å². The van der Waals surface area contributed by atoms with Crippen LogP contribution in [0.3, 0.4) is 0 Å². The van der Waals surface area contributed by atoms with Crippen LogP contribution in [-0.4, -0.2) is 31.1 Å². The normalized spacial score (nSPS) is 15.9. The number of benzene rings is 1. The molecule has 0 radical (unpaired) electrons. The van der Waals surface area contributed by atoms with Crippen molar-refractivity contribution in [3.8, 4) is 11.8 Å². The molecule has 1 aliphatic rings. The van der Waals surface area contributed by atoms with E-state index in [0.29, 0.717) is 5.75 Å². The van der Waals surface area contributed by atoms with E-state index in [9.17, 15) is 14.9 Å². The Labute approximate surface area is 135 Å². The Balaban J connectivity index is 1.77. The first-order chi connectivity index (χ1) is 11.0. The van der Waals surface area contributed by atoms with E-state index in [1.165, 1.54) is 0 Å². The minimum atomic E-state index is -0.876. The number of methoxy groups -OCH3 is 1. The molecule has 0 saturated heterocycles. The summed E-state index contributed by atoms with van der Waals surface area (Å²) in [5.41, 5.74) is -0.101. The summed E-state index contributed by atoms with van der Waals surface area (Å²) in [6, 6.07) is 9.16. The van der Waals surface area contributed by atoms with Crippen LogP contribution in [0.5, 0.6) is 5.75 Å². The van der Waals surface area contributed by atoms with Crippen molar-refractivity contribution in [1.82, 2.24) is 5.32 Å². The molecule has 1 saturated carbocycles. The van der Waals surface area contributed by atoms with Gasteiger partial charge in [0.05, 0.1) is 19.6 Å². The first kappa shape index (κ1) is 16.8. The van der Waals surface area contributed by atoms with E-state index in [2.05, 4.69) is 11.4 Å². The highest BCUT2D eigenvalue weighted by Crippen LogP contribution is 2.39. The zero-order valence-electron chi connectivity index (χ0n) is 13.3. The highest BCUT2D eigenvalue weighted by atomic mass is 16.5. The van der Waals surface area contributed by atoms with Crippen LogP contribution in [0, 0.1) is 17.2 Å². The third kappa shape index (κ3) is 4.71. The molecule has 0 bridgehead atoms. The Morgan fingerprint density at radius 2 is 2.00 bits per heavy atom. The molecule has 0 aromatic heterocycles. The number of rotatable bonds is 7. The van der Waals surface area contributed by atoms with Crippen molar-refractivity contribution in [3.05, 3.63) is 29.8 Å². The van der Waals surface area contributed by atoms with Crippen LogP contribution in [0.15, 0.2) is 24.3 Å². The molecule has 1 N–H and O–H groups in total. The van der Waals surface area contributed by atoms with Crippen molar-refractivity contribution < 1.29 is 19.1 Å². The van der Waals surface area contributed by atoms with Gasteiger partial charge in [-0.15, -0.1) is 0 Å². The van der Waals surface area contributed by atoms with Gasteiger partial charge < -0.3 is 14.8 Å². The molecule has 122 valence electrons. The van der Waals surface area contributed by atoms with Crippen molar-refractivity contribution in [2.45, 2.75) is 31.7 Å². The lowest BCUT2D eigenvalue weighted by atomic mass is 9.98. The highest BCUT2D eigenvalue weighted by molar-refractivity contribution is 5.82. The van der Waals surface area contributed by atoms with Crippen molar-refractivity contribution >= 4 is 11.9 Å². The van der Waals surface area contributed by atoms with Crippen molar-refractivity contribution in [1.29, 1.82) is 5.26 Å². The van der Waals surface area contributed by atoms with E-state index in [1.54, 1.807) is 38.3 Å². The Hall–Kier alpha value is -2.55. The Kier molecular flexibility index (Phi) is 5.22. The van der Waals surface area contributed by atoms with Crippen LogP contribution in [0.1, 0.15) is 25.3 Å². The molecule has 23 heavy (non-hydrogen) atoms. The number of esters is 1. The Morgan fingerprint density at radius 1 is 1.35 bits per heavy atom. The molecule has 1 amide bonds. The van der Waals surface area contributed by atoms with Gasteiger partial charge in [0.15, 0.2) is 6.61 Å². The molecule has 0 spiro atoms.